The normalized spacial score (nSPS) is 9.56. The minimum Gasteiger partial charge on any atom is -0.478 e. The van der Waals surface area contributed by atoms with Crippen molar-refractivity contribution in [3.63, 3.8) is 0 Å². The maximum Gasteiger partial charge on any atom is 0.335 e. The Bertz CT molecular complexity index is 815. The number of carboxylic acid groups (broad SMARTS) is 2. The Labute approximate surface area is 145 Å². The van der Waals surface area contributed by atoms with E-state index in [2.05, 4.69) is 5.32 Å². The number of carbonyl (C=O) groups excluding carboxylic acids is 1. The van der Waals surface area contributed by atoms with Crippen molar-refractivity contribution >= 4 is 29.2 Å². The smallest absolute Gasteiger partial charge is 0.335 e. The van der Waals surface area contributed by atoms with Crippen molar-refractivity contribution in [2.45, 2.75) is 20.8 Å². The Morgan fingerprint density at radius 1 is 0.880 bits per heavy atom. The van der Waals surface area contributed by atoms with Crippen LogP contribution in [0.25, 0.3) is 0 Å². The van der Waals surface area contributed by atoms with E-state index < -0.39 is 11.9 Å². The van der Waals surface area contributed by atoms with Crippen molar-refractivity contribution in [1.82, 2.24) is 0 Å². The molecule has 0 aromatic heterocycles. The minimum absolute atomic E-state index is 0.166. The van der Waals surface area contributed by atoms with Crippen molar-refractivity contribution in [3.8, 4) is 0 Å². The van der Waals surface area contributed by atoms with Crippen LogP contribution in [0.1, 0.15) is 38.8 Å². The first-order valence-corrected chi connectivity index (χ1v) is 7.32. The number of aromatic carboxylic acids is 2. The van der Waals surface area contributed by atoms with Crippen LogP contribution >= 0.6 is 0 Å². The van der Waals surface area contributed by atoms with E-state index in [1.807, 2.05) is 6.92 Å². The van der Waals surface area contributed by atoms with Crippen molar-refractivity contribution in [2.75, 3.05) is 11.1 Å². The van der Waals surface area contributed by atoms with Gasteiger partial charge in [-0.2, -0.15) is 0 Å². The summed E-state index contributed by atoms with van der Waals surface area (Å²) in [7, 11) is 0. The average Bonchev–Trinajstić information content (AvgIpc) is 2.52. The largest absolute Gasteiger partial charge is 0.478 e. The molecule has 25 heavy (non-hydrogen) atoms. The van der Waals surface area contributed by atoms with Crippen LogP contribution in [0.4, 0.5) is 11.4 Å². The van der Waals surface area contributed by atoms with Crippen LogP contribution < -0.4 is 11.1 Å². The first-order valence-electron chi connectivity index (χ1n) is 7.32. The summed E-state index contributed by atoms with van der Waals surface area (Å²) in [5.74, 6) is -2.16. The van der Waals surface area contributed by atoms with Gasteiger partial charge in [-0.05, 0) is 49.2 Å². The molecule has 2 aromatic carbocycles. The van der Waals surface area contributed by atoms with Gasteiger partial charge in [-0.15, -0.1) is 0 Å². The number of carboxylic acids is 2. The maximum absolute atomic E-state index is 10.8. The molecule has 0 bridgehead atoms. The molecule has 0 spiro atoms. The van der Waals surface area contributed by atoms with Crippen molar-refractivity contribution in [1.29, 1.82) is 0 Å². The Morgan fingerprint density at radius 2 is 1.36 bits per heavy atom. The molecule has 2 rings (SSSR count). The molecule has 0 saturated carbocycles. The fourth-order valence-electron chi connectivity index (χ4n) is 1.85. The van der Waals surface area contributed by atoms with Crippen LogP contribution in [-0.4, -0.2) is 28.1 Å². The second-order valence-electron chi connectivity index (χ2n) is 5.39. The zero-order valence-corrected chi connectivity index (χ0v) is 14.2. The van der Waals surface area contributed by atoms with Crippen molar-refractivity contribution < 1.29 is 24.6 Å². The molecule has 0 aliphatic heterocycles. The fourth-order valence-corrected chi connectivity index (χ4v) is 1.85. The van der Waals surface area contributed by atoms with E-state index >= 15 is 0 Å². The molecule has 0 atom stereocenters. The summed E-state index contributed by atoms with van der Waals surface area (Å²) in [6.07, 6.45) is 0. The molecular formula is C18H20N2O5. The highest BCUT2D eigenvalue weighted by Gasteiger charge is 2.06. The highest BCUT2D eigenvalue weighted by Crippen LogP contribution is 2.16. The molecule has 132 valence electrons. The third-order valence-corrected chi connectivity index (χ3v) is 3.32. The Morgan fingerprint density at radius 3 is 1.80 bits per heavy atom. The summed E-state index contributed by atoms with van der Waals surface area (Å²) in [6.45, 7) is 5.02. The quantitative estimate of drug-likeness (QED) is 0.633. The van der Waals surface area contributed by atoms with Crippen LogP contribution in [0, 0.1) is 13.8 Å². The SMILES string of the molecule is CC(=O)Nc1cc(C(=O)O)ccc1C.Cc1ccc(C(=O)O)cc1N. The molecule has 2 aromatic rings. The van der Waals surface area contributed by atoms with Gasteiger partial charge in [0.25, 0.3) is 0 Å². The molecule has 1 amide bonds. The number of carbonyl (C=O) groups is 3. The third-order valence-electron chi connectivity index (χ3n) is 3.32. The lowest BCUT2D eigenvalue weighted by atomic mass is 10.1. The third kappa shape index (κ3) is 5.98. The van der Waals surface area contributed by atoms with Gasteiger partial charge in [0.2, 0.25) is 5.91 Å². The van der Waals surface area contributed by atoms with Gasteiger partial charge in [0.1, 0.15) is 0 Å². The van der Waals surface area contributed by atoms with Crippen LogP contribution in [0.2, 0.25) is 0 Å². The maximum atomic E-state index is 10.8. The van der Waals surface area contributed by atoms with E-state index in [1.165, 1.54) is 31.2 Å². The number of anilines is 2. The summed E-state index contributed by atoms with van der Waals surface area (Å²) >= 11 is 0. The van der Waals surface area contributed by atoms with Gasteiger partial charge in [0.05, 0.1) is 11.1 Å². The van der Waals surface area contributed by atoms with Crippen LogP contribution in [-0.2, 0) is 4.79 Å². The fraction of sp³-hybridized carbons (Fsp3) is 0.167. The van der Waals surface area contributed by atoms with Crippen molar-refractivity contribution in [2.24, 2.45) is 0 Å². The van der Waals surface area contributed by atoms with Crippen LogP contribution in [0.3, 0.4) is 0 Å². The zero-order chi connectivity index (χ0) is 19.1. The number of nitrogen functional groups attached to an aromatic ring is 1. The lowest BCUT2D eigenvalue weighted by molar-refractivity contribution is -0.114. The summed E-state index contributed by atoms with van der Waals surface area (Å²) in [5, 5.41) is 19.8. The van der Waals surface area contributed by atoms with Gasteiger partial charge in [-0.3, -0.25) is 4.79 Å². The van der Waals surface area contributed by atoms with Gasteiger partial charge in [-0.1, -0.05) is 12.1 Å². The average molecular weight is 344 g/mol. The Kier molecular flexibility index (Phi) is 6.69. The second kappa shape index (κ2) is 8.49. The molecule has 0 heterocycles. The monoisotopic (exact) mass is 344 g/mol. The first kappa shape index (κ1) is 19.7. The van der Waals surface area contributed by atoms with Crippen molar-refractivity contribution in [3.05, 3.63) is 58.7 Å². The molecule has 5 N–H and O–H groups in total. The summed E-state index contributed by atoms with van der Waals surface area (Å²) in [4.78, 5) is 31.8. The lowest BCUT2D eigenvalue weighted by Gasteiger charge is -2.06. The number of hydrogen-bond acceptors (Lipinski definition) is 4. The summed E-state index contributed by atoms with van der Waals surface area (Å²) in [5.41, 5.74) is 8.68. The van der Waals surface area contributed by atoms with Gasteiger partial charge in [0.15, 0.2) is 0 Å². The van der Waals surface area contributed by atoms with Gasteiger partial charge in [-0.25, -0.2) is 9.59 Å². The summed E-state index contributed by atoms with van der Waals surface area (Å²) < 4.78 is 0. The van der Waals surface area contributed by atoms with Crippen LogP contribution in [0.15, 0.2) is 36.4 Å². The van der Waals surface area contributed by atoms with E-state index in [1.54, 1.807) is 19.1 Å². The highest BCUT2D eigenvalue weighted by atomic mass is 16.4. The highest BCUT2D eigenvalue weighted by molar-refractivity contribution is 5.93. The number of rotatable bonds is 3. The standard InChI is InChI=1S/C10H11NO3.C8H9NO2/c1-6-3-4-8(10(13)14)5-9(6)11-7(2)12;1-5-2-3-6(8(10)11)4-7(5)9/h3-5H,1-2H3,(H,11,12)(H,13,14);2-4H,9H2,1H3,(H,10,11). The number of nitrogens with one attached hydrogen (secondary N) is 1. The molecule has 7 heteroatoms. The molecular weight excluding hydrogens is 324 g/mol. The number of amides is 1. The van der Waals surface area contributed by atoms with Gasteiger partial charge < -0.3 is 21.3 Å². The topological polar surface area (TPSA) is 130 Å². The number of aryl methyl sites for hydroxylation is 2. The van der Waals surface area contributed by atoms with E-state index in [0.717, 1.165) is 11.1 Å². The predicted octanol–water partition coefficient (Wildman–Crippen LogP) is 2.93. The van der Waals surface area contributed by atoms with E-state index in [-0.39, 0.29) is 17.0 Å². The van der Waals surface area contributed by atoms with Gasteiger partial charge >= 0.3 is 11.9 Å². The number of nitrogens with two attached hydrogens (primary N) is 1. The van der Waals surface area contributed by atoms with E-state index in [0.29, 0.717) is 11.4 Å². The minimum atomic E-state index is -1.00. The molecule has 0 aliphatic carbocycles. The second-order valence-corrected chi connectivity index (χ2v) is 5.39. The van der Waals surface area contributed by atoms with E-state index in [4.69, 9.17) is 15.9 Å². The lowest BCUT2D eigenvalue weighted by Crippen LogP contribution is -2.08. The molecule has 0 radical (unpaired) electrons. The molecule has 0 saturated heterocycles. The Balaban J connectivity index is 0.000000257. The Hall–Kier alpha value is -3.35. The zero-order valence-electron chi connectivity index (χ0n) is 14.2. The first-order chi connectivity index (χ1) is 11.6. The van der Waals surface area contributed by atoms with E-state index in [9.17, 15) is 14.4 Å². The predicted molar refractivity (Wildman–Crippen MR) is 95.0 cm³/mol. The molecule has 7 nitrogen and oxygen atoms in total. The molecule has 0 aliphatic rings. The summed E-state index contributed by atoms with van der Waals surface area (Å²) in [6, 6.07) is 9.29. The molecule has 0 fully saturated rings. The van der Waals surface area contributed by atoms with Crippen LogP contribution in [0.5, 0.6) is 0 Å². The number of hydrogen-bond donors (Lipinski definition) is 4. The molecule has 0 unspecified atom stereocenters. The van der Waals surface area contributed by atoms with Gasteiger partial charge in [0, 0.05) is 18.3 Å². The number of benzene rings is 2.